The van der Waals surface area contributed by atoms with Crippen LogP contribution in [0.1, 0.15) is 24.9 Å². The van der Waals surface area contributed by atoms with Gasteiger partial charge in [-0.1, -0.05) is 18.2 Å². The molecule has 1 fully saturated rings. The van der Waals surface area contributed by atoms with Gasteiger partial charge in [-0.3, -0.25) is 4.90 Å². The molecule has 0 radical (unpaired) electrons. The van der Waals surface area contributed by atoms with Crippen molar-refractivity contribution in [1.29, 1.82) is 0 Å². The molecule has 1 aliphatic rings. The maximum atomic E-state index is 9.37. The summed E-state index contributed by atoms with van der Waals surface area (Å²) in [6.45, 7) is 6.94. The molecule has 0 unspecified atom stereocenters. The first-order valence-electron chi connectivity index (χ1n) is 7.14. The minimum atomic E-state index is 0. The third kappa shape index (κ3) is 4.35. The minimum absolute atomic E-state index is 0. The number of hydrogen-bond acceptors (Lipinski definition) is 4. The molecule has 2 rings (SSSR count). The van der Waals surface area contributed by atoms with E-state index < -0.39 is 0 Å². The molecule has 1 atom stereocenters. The summed E-state index contributed by atoms with van der Waals surface area (Å²) in [4.78, 5) is 2.44. The zero-order valence-corrected chi connectivity index (χ0v) is 12.9. The Labute approximate surface area is 127 Å². The number of nitrogens with zero attached hydrogens (tertiary/aromatic N) is 1. The quantitative estimate of drug-likeness (QED) is 0.841. The molecule has 1 aliphatic heterocycles. The highest BCUT2D eigenvalue weighted by molar-refractivity contribution is 5.85. The lowest BCUT2D eigenvalue weighted by molar-refractivity contribution is 0.138. The molecule has 114 valence electrons. The molecule has 2 N–H and O–H groups in total. The van der Waals surface area contributed by atoms with E-state index in [-0.39, 0.29) is 25.1 Å². The van der Waals surface area contributed by atoms with Gasteiger partial charge in [0.15, 0.2) is 0 Å². The molecule has 0 aromatic heterocycles. The van der Waals surface area contributed by atoms with E-state index in [1.165, 1.54) is 5.56 Å². The van der Waals surface area contributed by atoms with Gasteiger partial charge in [0.05, 0.1) is 6.61 Å². The first-order chi connectivity index (χ1) is 9.36. The maximum Gasteiger partial charge on any atom is 0.124 e. The van der Waals surface area contributed by atoms with E-state index in [0.29, 0.717) is 6.61 Å². The number of ether oxygens (including phenoxy) is 1. The van der Waals surface area contributed by atoms with Gasteiger partial charge >= 0.3 is 0 Å². The largest absolute Gasteiger partial charge is 0.494 e. The molecule has 20 heavy (non-hydrogen) atoms. The Balaban J connectivity index is 0.00000200. The zero-order chi connectivity index (χ0) is 13.5. The Morgan fingerprint density at radius 3 is 2.65 bits per heavy atom. The minimum Gasteiger partial charge on any atom is -0.494 e. The topological polar surface area (TPSA) is 44.7 Å². The monoisotopic (exact) mass is 300 g/mol. The van der Waals surface area contributed by atoms with Crippen LogP contribution in [0.3, 0.4) is 0 Å². The number of aliphatic hydroxyl groups is 1. The molecular formula is C15H25ClN2O2. The van der Waals surface area contributed by atoms with Crippen molar-refractivity contribution in [3.63, 3.8) is 0 Å². The Morgan fingerprint density at radius 2 is 2.00 bits per heavy atom. The van der Waals surface area contributed by atoms with Gasteiger partial charge in [-0.25, -0.2) is 0 Å². The molecule has 5 heteroatoms. The number of nitrogens with one attached hydrogen (secondary N) is 1. The molecule has 0 amide bonds. The van der Waals surface area contributed by atoms with Gasteiger partial charge in [0, 0.05) is 44.4 Å². The summed E-state index contributed by atoms with van der Waals surface area (Å²) in [5.41, 5.74) is 1.19. The molecule has 0 spiro atoms. The summed E-state index contributed by atoms with van der Waals surface area (Å²) in [5, 5.41) is 12.7. The Bertz CT molecular complexity index is 384. The van der Waals surface area contributed by atoms with Crippen LogP contribution in [0.5, 0.6) is 5.75 Å². The first kappa shape index (κ1) is 17.2. The summed E-state index contributed by atoms with van der Waals surface area (Å²) in [6, 6.07) is 8.43. The average Bonchev–Trinajstić information content (AvgIpc) is 2.47. The van der Waals surface area contributed by atoms with Crippen LogP contribution in [-0.4, -0.2) is 49.4 Å². The number of rotatable bonds is 6. The van der Waals surface area contributed by atoms with Crippen molar-refractivity contribution in [2.45, 2.75) is 19.4 Å². The number of para-hydroxylation sites is 1. The van der Waals surface area contributed by atoms with E-state index in [4.69, 9.17) is 4.74 Å². The summed E-state index contributed by atoms with van der Waals surface area (Å²) < 4.78 is 5.73. The normalized spacial score (nSPS) is 17.3. The number of aliphatic hydroxyl groups excluding tert-OH is 1. The third-order valence-electron chi connectivity index (χ3n) is 3.57. The molecule has 1 saturated heterocycles. The number of halogens is 1. The van der Waals surface area contributed by atoms with E-state index in [9.17, 15) is 5.11 Å². The molecule has 1 aromatic rings. The predicted molar refractivity (Wildman–Crippen MR) is 83.7 cm³/mol. The van der Waals surface area contributed by atoms with Crippen molar-refractivity contribution < 1.29 is 9.84 Å². The fourth-order valence-electron chi connectivity index (χ4n) is 2.69. The summed E-state index contributed by atoms with van der Waals surface area (Å²) in [7, 11) is 0. The van der Waals surface area contributed by atoms with Gasteiger partial charge in [-0.05, 0) is 19.4 Å². The third-order valence-corrected chi connectivity index (χ3v) is 3.57. The second kappa shape index (κ2) is 9.19. The Hall–Kier alpha value is -0.810. The van der Waals surface area contributed by atoms with E-state index in [1.54, 1.807) is 0 Å². The van der Waals surface area contributed by atoms with Crippen LogP contribution >= 0.6 is 12.4 Å². The maximum absolute atomic E-state index is 9.37. The standard InChI is InChI=1S/C15H24N2O2.ClH/c1-2-19-15-6-4-3-5-13(15)14(7-12-18)17-10-8-16-9-11-17;/h3-6,14,16,18H,2,7-12H2,1H3;1H/t14-;/m1./s1. The molecule has 1 aromatic carbocycles. The van der Waals surface area contributed by atoms with Crippen LogP contribution in [0.15, 0.2) is 24.3 Å². The van der Waals surface area contributed by atoms with Gasteiger partial charge in [0.1, 0.15) is 5.75 Å². The van der Waals surface area contributed by atoms with Crippen LogP contribution in [0, 0.1) is 0 Å². The van der Waals surface area contributed by atoms with E-state index in [0.717, 1.165) is 38.3 Å². The molecular weight excluding hydrogens is 276 g/mol. The molecule has 0 saturated carbocycles. The highest BCUT2D eigenvalue weighted by atomic mass is 35.5. The molecule has 1 heterocycles. The smallest absolute Gasteiger partial charge is 0.124 e. The van der Waals surface area contributed by atoms with Crippen molar-refractivity contribution in [2.75, 3.05) is 39.4 Å². The molecule has 0 bridgehead atoms. The SMILES string of the molecule is CCOc1ccccc1[C@@H](CCO)N1CCNCC1.Cl. The number of hydrogen-bond donors (Lipinski definition) is 2. The van der Waals surface area contributed by atoms with Crippen molar-refractivity contribution in [2.24, 2.45) is 0 Å². The second-order valence-corrected chi connectivity index (χ2v) is 4.78. The predicted octanol–water partition coefficient (Wildman–Crippen LogP) is 1.84. The van der Waals surface area contributed by atoms with Crippen LogP contribution in [0.4, 0.5) is 0 Å². The van der Waals surface area contributed by atoms with Gasteiger partial charge in [-0.2, -0.15) is 0 Å². The van der Waals surface area contributed by atoms with Crippen LogP contribution in [0.2, 0.25) is 0 Å². The van der Waals surface area contributed by atoms with Crippen molar-refractivity contribution in [3.8, 4) is 5.75 Å². The Kier molecular flexibility index (Phi) is 7.92. The van der Waals surface area contributed by atoms with Gasteiger partial charge < -0.3 is 15.2 Å². The molecule has 4 nitrogen and oxygen atoms in total. The number of piperazine rings is 1. The van der Waals surface area contributed by atoms with E-state index in [2.05, 4.69) is 16.3 Å². The van der Waals surface area contributed by atoms with Crippen molar-refractivity contribution >= 4 is 12.4 Å². The molecule has 0 aliphatic carbocycles. The van der Waals surface area contributed by atoms with E-state index in [1.807, 2.05) is 25.1 Å². The lowest BCUT2D eigenvalue weighted by Gasteiger charge is -2.35. The first-order valence-corrected chi connectivity index (χ1v) is 7.14. The fourth-order valence-corrected chi connectivity index (χ4v) is 2.69. The zero-order valence-electron chi connectivity index (χ0n) is 12.0. The van der Waals surface area contributed by atoms with Crippen LogP contribution in [-0.2, 0) is 0 Å². The van der Waals surface area contributed by atoms with Gasteiger partial charge in [0.2, 0.25) is 0 Å². The van der Waals surface area contributed by atoms with E-state index >= 15 is 0 Å². The second-order valence-electron chi connectivity index (χ2n) is 4.78. The van der Waals surface area contributed by atoms with Crippen molar-refractivity contribution in [3.05, 3.63) is 29.8 Å². The van der Waals surface area contributed by atoms with Gasteiger partial charge in [-0.15, -0.1) is 12.4 Å². The average molecular weight is 301 g/mol. The van der Waals surface area contributed by atoms with Gasteiger partial charge in [0.25, 0.3) is 0 Å². The highest BCUT2D eigenvalue weighted by Crippen LogP contribution is 2.31. The lowest BCUT2D eigenvalue weighted by atomic mass is 10.0. The van der Waals surface area contributed by atoms with Crippen molar-refractivity contribution in [1.82, 2.24) is 10.2 Å². The highest BCUT2D eigenvalue weighted by Gasteiger charge is 2.24. The fraction of sp³-hybridized carbons (Fsp3) is 0.600. The summed E-state index contributed by atoms with van der Waals surface area (Å²) in [6.07, 6.45) is 0.754. The Morgan fingerprint density at radius 1 is 1.30 bits per heavy atom. The summed E-state index contributed by atoms with van der Waals surface area (Å²) in [5.74, 6) is 0.946. The van der Waals surface area contributed by atoms with Crippen LogP contribution < -0.4 is 10.1 Å². The summed E-state index contributed by atoms with van der Waals surface area (Å²) >= 11 is 0. The van der Waals surface area contributed by atoms with Crippen LogP contribution in [0.25, 0.3) is 0 Å². The lowest BCUT2D eigenvalue weighted by Crippen LogP contribution is -2.45. The number of benzene rings is 1.